The van der Waals surface area contributed by atoms with Gasteiger partial charge in [-0.2, -0.15) is 0 Å². The number of hydrogen-bond acceptors (Lipinski definition) is 6. The smallest absolute Gasteiger partial charge is 0.257 e. The molecule has 0 radical (unpaired) electrons. The average Bonchev–Trinajstić information content (AvgIpc) is 3.22. The van der Waals surface area contributed by atoms with Gasteiger partial charge in [0.1, 0.15) is 5.76 Å². The highest BCUT2D eigenvalue weighted by atomic mass is 32.2. The molecule has 3 aromatic rings. The standard InChI is InChI=1S/C18H19N3O2S2/c1-11(2)14-8-19-15(23-14)10-24-16-9-20-18(25-16)21-17(22)13-7-5-4-6-12(13)3/h4-9,11H,10H2,1-3H3,(H,20,21,22). The van der Waals surface area contributed by atoms with Crippen LogP contribution in [0.1, 0.15) is 47.3 Å². The van der Waals surface area contributed by atoms with Crippen molar-refractivity contribution < 1.29 is 9.21 Å². The number of carbonyl (C=O) groups is 1. The van der Waals surface area contributed by atoms with Gasteiger partial charge in [0.15, 0.2) is 5.13 Å². The Morgan fingerprint density at radius 1 is 1.28 bits per heavy atom. The summed E-state index contributed by atoms with van der Waals surface area (Å²) in [6.45, 7) is 6.06. The van der Waals surface area contributed by atoms with Crippen LogP contribution in [-0.2, 0) is 5.75 Å². The molecule has 1 N–H and O–H groups in total. The number of rotatable bonds is 6. The Morgan fingerprint density at radius 2 is 2.08 bits per heavy atom. The molecule has 130 valence electrons. The van der Waals surface area contributed by atoms with Gasteiger partial charge in [-0.25, -0.2) is 9.97 Å². The third-order valence-corrected chi connectivity index (χ3v) is 5.67. The summed E-state index contributed by atoms with van der Waals surface area (Å²) in [5.41, 5.74) is 1.60. The number of oxazole rings is 1. The molecule has 2 heterocycles. The van der Waals surface area contributed by atoms with Crippen molar-refractivity contribution >= 4 is 34.1 Å². The maximum absolute atomic E-state index is 12.3. The monoisotopic (exact) mass is 373 g/mol. The zero-order valence-corrected chi connectivity index (χ0v) is 15.9. The summed E-state index contributed by atoms with van der Waals surface area (Å²) in [5.74, 6) is 2.43. The third kappa shape index (κ3) is 4.49. The number of carbonyl (C=O) groups excluding carboxylic acids is 1. The topological polar surface area (TPSA) is 68.0 Å². The minimum absolute atomic E-state index is 0.140. The SMILES string of the molecule is Cc1ccccc1C(=O)Nc1ncc(SCc2ncc(C(C)C)o2)s1. The van der Waals surface area contributed by atoms with Gasteiger partial charge in [0.05, 0.1) is 22.4 Å². The van der Waals surface area contributed by atoms with Crippen LogP contribution in [0.4, 0.5) is 5.13 Å². The van der Waals surface area contributed by atoms with Gasteiger partial charge in [-0.05, 0) is 18.6 Å². The fourth-order valence-corrected chi connectivity index (χ4v) is 3.89. The number of nitrogens with zero attached hydrogens (tertiary/aromatic N) is 2. The lowest BCUT2D eigenvalue weighted by Gasteiger charge is -2.04. The highest BCUT2D eigenvalue weighted by Crippen LogP contribution is 2.31. The fourth-order valence-electron chi connectivity index (χ4n) is 2.17. The van der Waals surface area contributed by atoms with Crippen molar-refractivity contribution in [3.63, 3.8) is 0 Å². The van der Waals surface area contributed by atoms with Gasteiger partial charge in [-0.15, -0.1) is 11.8 Å². The lowest BCUT2D eigenvalue weighted by molar-refractivity contribution is 0.102. The first kappa shape index (κ1) is 17.7. The number of hydrogen-bond donors (Lipinski definition) is 1. The van der Waals surface area contributed by atoms with Gasteiger partial charge in [-0.1, -0.05) is 43.4 Å². The Kier molecular flexibility index (Phi) is 5.55. The molecule has 0 spiro atoms. The van der Waals surface area contributed by atoms with Crippen LogP contribution in [0.3, 0.4) is 0 Å². The molecule has 2 aromatic heterocycles. The first-order chi connectivity index (χ1) is 12.0. The number of aromatic nitrogens is 2. The van der Waals surface area contributed by atoms with E-state index in [4.69, 9.17) is 4.42 Å². The highest BCUT2D eigenvalue weighted by molar-refractivity contribution is 8.00. The summed E-state index contributed by atoms with van der Waals surface area (Å²) in [7, 11) is 0. The molecule has 0 bridgehead atoms. The Bertz CT molecular complexity index is 871. The lowest BCUT2D eigenvalue weighted by atomic mass is 10.1. The number of benzene rings is 1. The van der Waals surface area contributed by atoms with E-state index in [2.05, 4.69) is 29.1 Å². The molecule has 0 atom stereocenters. The largest absolute Gasteiger partial charge is 0.445 e. The Hall–Kier alpha value is -2.12. The van der Waals surface area contributed by atoms with Crippen LogP contribution in [0.5, 0.6) is 0 Å². The van der Waals surface area contributed by atoms with E-state index in [-0.39, 0.29) is 5.91 Å². The van der Waals surface area contributed by atoms with E-state index < -0.39 is 0 Å². The maximum Gasteiger partial charge on any atom is 0.257 e. The molecule has 0 fully saturated rings. The molecule has 5 nitrogen and oxygen atoms in total. The zero-order valence-electron chi connectivity index (χ0n) is 14.3. The van der Waals surface area contributed by atoms with E-state index in [1.165, 1.54) is 11.3 Å². The van der Waals surface area contributed by atoms with Gasteiger partial charge >= 0.3 is 0 Å². The second kappa shape index (κ2) is 7.84. The van der Waals surface area contributed by atoms with Crippen molar-refractivity contribution in [2.24, 2.45) is 0 Å². The minimum atomic E-state index is -0.140. The van der Waals surface area contributed by atoms with Crippen LogP contribution in [0.15, 0.2) is 45.3 Å². The van der Waals surface area contributed by atoms with Crippen LogP contribution < -0.4 is 5.32 Å². The van der Waals surface area contributed by atoms with E-state index in [1.807, 2.05) is 31.2 Å². The highest BCUT2D eigenvalue weighted by Gasteiger charge is 2.12. The zero-order chi connectivity index (χ0) is 17.8. The maximum atomic E-state index is 12.3. The number of anilines is 1. The minimum Gasteiger partial charge on any atom is -0.445 e. The molecule has 0 aliphatic carbocycles. The predicted molar refractivity (Wildman–Crippen MR) is 101 cm³/mol. The second-order valence-corrected chi connectivity index (χ2v) is 8.16. The molecule has 1 aromatic carbocycles. The summed E-state index contributed by atoms with van der Waals surface area (Å²) < 4.78 is 6.70. The van der Waals surface area contributed by atoms with E-state index in [0.29, 0.717) is 28.3 Å². The number of thiazole rings is 1. The molecular weight excluding hydrogens is 354 g/mol. The fraction of sp³-hybridized carbons (Fsp3) is 0.278. The Labute approximate surface area is 154 Å². The van der Waals surface area contributed by atoms with Gasteiger partial charge in [0.25, 0.3) is 5.91 Å². The summed E-state index contributed by atoms with van der Waals surface area (Å²) in [5, 5.41) is 3.44. The van der Waals surface area contributed by atoms with Crippen LogP contribution in [0.25, 0.3) is 0 Å². The average molecular weight is 374 g/mol. The summed E-state index contributed by atoms with van der Waals surface area (Å²) in [4.78, 5) is 20.9. The number of amides is 1. The molecule has 7 heteroatoms. The molecule has 1 amide bonds. The van der Waals surface area contributed by atoms with E-state index in [1.54, 1.807) is 24.2 Å². The molecule has 0 saturated carbocycles. The van der Waals surface area contributed by atoms with E-state index in [0.717, 1.165) is 15.5 Å². The molecule has 0 unspecified atom stereocenters. The number of aryl methyl sites for hydroxylation is 1. The quantitative estimate of drug-likeness (QED) is 0.608. The molecule has 0 aliphatic rings. The van der Waals surface area contributed by atoms with Crippen LogP contribution in [-0.4, -0.2) is 15.9 Å². The van der Waals surface area contributed by atoms with Gasteiger partial charge in [-0.3, -0.25) is 10.1 Å². The molecule has 3 rings (SSSR count). The van der Waals surface area contributed by atoms with Crippen molar-refractivity contribution in [2.45, 2.75) is 36.7 Å². The number of thioether (sulfide) groups is 1. The van der Waals surface area contributed by atoms with Crippen molar-refractivity contribution in [1.82, 2.24) is 9.97 Å². The molecule has 0 aliphatic heterocycles. The van der Waals surface area contributed by atoms with Crippen LogP contribution in [0.2, 0.25) is 0 Å². The molecular formula is C18H19N3O2S2. The lowest BCUT2D eigenvalue weighted by Crippen LogP contribution is -2.12. The summed E-state index contributed by atoms with van der Waals surface area (Å²) in [6, 6.07) is 7.49. The first-order valence-electron chi connectivity index (χ1n) is 7.93. The third-order valence-electron chi connectivity index (χ3n) is 3.57. The normalized spacial score (nSPS) is 11.0. The summed E-state index contributed by atoms with van der Waals surface area (Å²) in [6.07, 6.45) is 3.54. The summed E-state index contributed by atoms with van der Waals surface area (Å²) >= 11 is 3.04. The Balaban J connectivity index is 1.58. The Morgan fingerprint density at radius 3 is 2.80 bits per heavy atom. The van der Waals surface area contributed by atoms with Crippen molar-refractivity contribution in [2.75, 3.05) is 5.32 Å². The van der Waals surface area contributed by atoms with Crippen LogP contribution in [0, 0.1) is 6.92 Å². The van der Waals surface area contributed by atoms with Crippen molar-refractivity contribution in [1.29, 1.82) is 0 Å². The molecule has 25 heavy (non-hydrogen) atoms. The predicted octanol–water partition coefficient (Wildman–Crippen LogP) is 5.11. The van der Waals surface area contributed by atoms with E-state index >= 15 is 0 Å². The first-order valence-corrected chi connectivity index (χ1v) is 9.73. The van der Waals surface area contributed by atoms with Crippen LogP contribution >= 0.6 is 23.1 Å². The van der Waals surface area contributed by atoms with Gasteiger partial charge in [0, 0.05) is 11.5 Å². The van der Waals surface area contributed by atoms with Crippen molar-refractivity contribution in [3.05, 3.63) is 59.4 Å². The van der Waals surface area contributed by atoms with E-state index in [9.17, 15) is 4.79 Å². The van der Waals surface area contributed by atoms with Crippen molar-refractivity contribution in [3.8, 4) is 0 Å². The molecule has 0 saturated heterocycles. The van der Waals surface area contributed by atoms with Gasteiger partial charge < -0.3 is 4.42 Å². The van der Waals surface area contributed by atoms with Gasteiger partial charge in [0.2, 0.25) is 5.89 Å². The number of nitrogens with one attached hydrogen (secondary N) is 1. The second-order valence-electron chi connectivity index (χ2n) is 5.85.